The Morgan fingerprint density at radius 2 is 0.632 bits per heavy atom. The van der Waals surface area contributed by atoms with E-state index < -0.39 is 0 Å². The summed E-state index contributed by atoms with van der Waals surface area (Å²) in [4.78, 5) is 11.8. The van der Waals surface area contributed by atoms with Gasteiger partial charge in [0.25, 0.3) is 0 Å². The summed E-state index contributed by atoms with van der Waals surface area (Å²) in [6.07, 6.45) is 38.3. The molecule has 0 amide bonds. The van der Waals surface area contributed by atoms with Gasteiger partial charge in [0.1, 0.15) is 0 Å². The predicted octanol–water partition coefficient (Wildman–Crippen LogP) is 13.1. The SMILES string of the molecule is CCCC.CCCCCCCCCCCCCCCCCC(=O)OCCCCCCCCCCCCC.N. The highest BCUT2D eigenvalue weighted by Crippen LogP contribution is 2.14. The van der Waals surface area contributed by atoms with Crippen LogP contribution >= 0.6 is 0 Å². The molecule has 0 atom stereocenters. The average molecular weight is 542 g/mol. The zero-order valence-electron chi connectivity index (χ0n) is 27.2. The van der Waals surface area contributed by atoms with Crippen LogP contribution in [0.4, 0.5) is 0 Å². The van der Waals surface area contributed by atoms with Crippen molar-refractivity contribution < 1.29 is 9.53 Å². The van der Waals surface area contributed by atoms with Gasteiger partial charge in [0, 0.05) is 6.42 Å². The Labute approximate surface area is 242 Å². The Hall–Kier alpha value is -0.570. The number of esters is 1. The quantitative estimate of drug-likeness (QED) is 0.0756. The first kappa shape index (κ1) is 41.9. The van der Waals surface area contributed by atoms with Crippen LogP contribution in [0.25, 0.3) is 0 Å². The van der Waals surface area contributed by atoms with E-state index in [0.717, 1.165) is 12.8 Å². The van der Waals surface area contributed by atoms with Crippen LogP contribution in [0.1, 0.15) is 214 Å². The van der Waals surface area contributed by atoms with E-state index >= 15 is 0 Å². The van der Waals surface area contributed by atoms with Gasteiger partial charge in [-0.05, 0) is 12.8 Å². The summed E-state index contributed by atoms with van der Waals surface area (Å²) >= 11 is 0. The number of ether oxygens (including phenoxy) is 1. The zero-order valence-corrected chi connectivity index (χ0v) is 27.2. The van der Waals surface area contributed by atoms with E-state index in [1.165, 1.54) is 167 Å². The van der Waals surface area contributed by atoms with Crippen molar-refractivity contribution in [2.45, 2.75) is 214 Å². The average Bonchev–Trinajstić information content (AvgIpc) is 2.91. The highest BCUT2D eigenvalue weighted by atomic mass is 16.5. The van der Waals surface area contributed by atoms with Gasteiger partial charge in [0.15, 0.2) is 0 Å². The van der Waals surface area contributed by atoms with Gasteiger partial charge in [0.05, 0.1) is 6.61 Å². The topological polar surface area (TPSA) is 61.3 Å². The standard InChI is InChI=1S/C31H62O2.C4H10.H3N/c1-3-5-7-9-11-13-15-16-17-18-19-21-23-25-27-29-31(32)33-30-28-26-24-22-20-14-12-10-8-6-4-2;1-3-4-2;/h3-30H2,1-2H3;3-4H2,1-2H3;1H3. The molecule has 0 aliphatic carbocycles. The molecule has 0 aromatic rings. The molecule has 3 N–H and O–H groups in total. The highest BCUT2D eigenvalue weighted by molar-refractivity contribution is 5.69. The van der Waals surface area contributed by atoms with Gasteiger partial charge in [-0.3, -0.25) is 4.79 Å². The zero-order chi connectivity index (χ0) is 27.5. The first-order valence-electron chi connectivity index (χ1n) is 17.4. The molecule has 0 aromatic carbocycles. The van der Waals surface area contributed by atoms with E-state index in [9.17, 15) is 4.79 Å². The molecule has 0 aliphatic rings. The van der Waals surface area contributed by atoms with Crippen LogP contribution in [0.5, 0.6) is 0 Å². The summed E-state index contributed by atoms with van der Waals surface area (Å²) < 4.78 is 5.40. The molecule has 0 aliphatic heterocycles. The van der Waals surface area contributed by atoms with E-state index in [2.05, 4.69) is 27.7 Å². The van der Waals surface area contributed by atoms with E-state index in [1.54, 1.807) is 0 Å². The van der Waals surface area contributed by atoms with Crippen molar-refractivity contribution in [3.05, 3.63) is 0 Å². The molecular formula is C35H75NO2. The molecule has 38 heavy (non-hydrogen) atoms. The van der Waals surface area contributed by atoms with Crippen molar-refractivity contribution >= 4 is 5.97 Å². The smallest absolute Gasteiger partial charge is 0.305 e. The van der Waals surface area contributed by atoms with Crippen molar-refractivity contribution in [1.82, 2.24) is 6.15 Å². The number of carbonyl (C=O) groups excluding carboxylic acids is 1. The van der Waals surface area contributed by atoms with Crippen molar-refractivity contribution in [2.75, 3.05) is 6.61 Å². The molecule has 0 fully saturated rings. The van der Waals surface area contributed by atoms with Gasteiger partial charge in [0.2, 0.25) is 0 Å². The molecular weight excluding hydrogens is 466 g/mol. The molecule has 0 bridgehead atoms. The minimum absolute atomic E-state index is 0. The second kappa shape index (κ2) is 40.9. The fourth-order valence-electron chi connectivity index (χ4n) is 4.67. The van der Waals surface area contributed by atoms with Gasteiger partial charge in [-0.2, -0.15) is 0 Å². The van der Waals surface area contributed by atoms with Crippen LogP contribution in [0.2, 0.25) is 0 Å². The molecule has 0 heterocycles. The van der Waals surface area contributed by atoms with Crippen molar-refractivity contribution in [2.24, 2.45) is 0 Å². The normalized spacial score (nSPS) is 10.5. The fraction of sp³-hybridized carbons (Fsp3) is 0.971. The third-order valence-electron chi connectivity index (χ3n) is 7.50. The van der Waals surface area contributed by atoms with Gasteiger partial charge in [-0.25, -0.2) is 0 Å². The van der Waals surface area contributed by atoms with Crippen LogP contribution in [0, 0.1) is 0 Å². The van der Waals surface area contributed by atoms with Crippen LogP contribution in [0.15, 0.2) is 0 Å². The molecule has 0 unspecified atom stereocenters. The van der Waals surface area contributed by atoms with Crippen molar-refractivity contribution in [3.8, 4) is 0 Å². The lowest BCUT2D eigenvalue weighted by atomic mass is 10.0. The van der Waals surface area contributed by atoms with E-state index in [4.69, 9.17) is 4.74 Å². The lowest BCUT2D eigenvalue weighted by molar-refractivity contribution is -0.143. The van der Waals surface area contributed by atoms with Gasteiger partial charge >= 0.3 is 5.97 Å². The van der Waals surface area contributed by atoms with Crippen LogP contribution in [0.3, 0.4) is 0 Å². The molecule has 0 aromatic heterocycles. The maximum atomic E-state index is 11.8. The van der Waals surface area contributed by atoms with Gasteiger partial charge < -0.3 is 10.9 Å². The van der Waals surface area contributed by atoms with E-state index in [-0.39, 0.29) is 12.1 Å². The Morgan fingerprint density at radius 1 is 0.368 bits per heavy atom. The van der Waals surface area contributed by atoms with E-state index in [1.807, 2.05) is 0 Å². The summed E-state index contributed by atoms with van der Waals surface area (Å²) in [5, 5.41) is 0. The molecule has 3 heteroatoms. The Kier molecular flexibility index (Phi) is 45.1. The minimum Gasteiger partial charge on any atom is -0.466 e. The lowest BCUT2D eigenvalue weighted by Gasteiger charge is -2.06. The minimum atomic E-state index is 0. The monoisotopic (exact) mass is 542 g/mol. The second-order valence-corrected chi connectivity index (χ2v) is 11.5. The van der Waals surface area contributed by atoms with Crippen LogP contribution in [-0.2, 0) is 9.53 Å². The van der Waals surface area contributed by atoms with Crippen molar-refractivity contribution in [3.63, 3.8) is 0 Å². The summed E-state index contributed by atoms with van der Waals surface area (Å²) in [5.41, 5.74) is 0. The number of hydrogen-bond acceptors (Lipinski definition) is 3. The van der Waals surface area contributed by atoms with Crippen LogP contribution in [-0.4, -0.2) is 12.6 Å². The fourth-order valence-corrected chi connectivity index (χ4v) is 4.67. The third-order valence-corrected chi connectivity index (χ3v) is 7.50. The van der Waals surface area contributed by atoms with Crippen molar-refractivity contribution in [1.29, 1.82) is 0 Å². The second-order valence-electron chi connectivity index (χ2n) is 11.5. The first-order valence-corrected chi connectivity index (χ1v) is 17.4. The van der Waals surface area contributed by atoms with E-state index in [0.29, 0.717) is 13.0 Å². The third kappa shape index (κ3) is 42.5. The number of hydrogen-bond donors (Lipinski definition) is 1. The number of rotatable bonds is 29. The number of unbranched alkanes of at least 4 members (excludes halogenated alkanes) is 25. The Balaban J connectivity index is -0.00000227. The largest absolute Gasteiger partial charge is 0.466 e. The highest BCUT2D eigenvalue weighted by Gasteiger charge is 2.02. The molecule has 0 radical (unpaired) electrons. The molecule has 0 saturated carbocycles. The van der Waals surface area contributed by atoms with Crippen LogP contribution < -0.4 is 6.15 Å². The lowest BCUT2D eigenvalue weighted by Crippen LogP contribution is -2.05. The summed E-state index contributed by atoms with van der Waals surface area (Å²) in [6.45, 7) is 9.56. The Morgan fingerprint density at radius 3 is 0.921 bits per heavy atom. The number of carbonyl (C=O) groups is 1. The first-order chi connectivity index (χ1) is 18.2. The summed E-state index contributed by atoms with van der Waals surface area (Å²) in [6, 6.07) is 0. The summed E-state index contributed by atoms with van der Waals surface area (Å²) in [5.74, 6) is 0.0248. The molecule has 232 valence electrons. The molecule has 0 rings (SSSR count). The maximum absolute atomic E-state index is 11.8. The van der Waals surface area contributed by atoms with Gasteiger partial charge in [-0.15, -0.1) is 0 Å². The summed E-state index contributed by atoms with van der Waals surface area (Å²) in [7, 11) is 0. The van der Waals surface area contributed by atoms with Gasteiger partial charge in [-0.1, -0.05) is 195 Å². The molecule has 0 spiro atoms. The maximum Gasteiger partial charge on any atom is 0.305 e. The molecule has 3 nitrogen and oxygen atoms in total. The molecule has 0 saturated heterocycles. The Bertz CT molecular complexity index is 397. The predicted molar refractivity (Wildman–Crippen MR) is 173 cm³/mol.